The Balaban J connectivity index is 0.000000128. The van der Waals surface area contributed by atoms with Crippen molar-refractivity contribution >= 4 is 43.6 Å². The molecule has 0 fully saturated rings. The minimum atomic E-state index is 0.0972. The molecule has 0 radical (unpaired) electrons. The van der Waals surface area contributed by atoms with Gasteiger partial charge in [-0.15, -0.1) is 0 Å². The summed E-state index contributed by atoms with van der Waals surface area (Å²) in [5, 5.41) is 2.99. The van der Waals surface area contributed by atoms with Crippen LogP contribution in [0.15, 0.2) is 107 Å². The molecular formula is C26H18N2O2. The Morgan fingerprint density at radius 2 is 0.600 bits per heavy atom. The van der Waals surface area contributed by atoms with Crippen molar-refractivity contribution in [3.8, 4) is 0 Å². The van der Waals surface area contributed by atoms with Crippen LogP contribution in [0.4, 0.5) is 0 Å². The first kappa shape index (κ1) is 17.9. The molecule has 2 N–H and O–H groups in total. The average molecular weight is 390 g/mol. The van der Waals surface area contributed by atoms with E-state index in [2.05, 4.69) is 9.97 Å². The van der Waals surface area contributed by atoms with Crippen molar-refractivity contribution in [2.24, 2.45) is 0 Å². The Labute approximate surface area is 171 Å². The quantitative estimate of drug-likeness (QED) is 0.343. The highest BCUT2D eigenvalue weighted by atomic mass is 16.1. The molecule has 0 aliphatic carbocycles. The highest BCUT2D eigenvalue weighted by Crippen LogP contribution is 2.14. The number of hydrogen-bond acceptors (Lipinski definition) is 2. The van der Waals surface area contributed by atoms with Crippen LogP contribution < -0.4 is 10.9 Å². The molecule has 0 aliphatic rings. The van der Waals surface area contributed by atoms with Crippen molar-refractivity contribution in [1.82, 2.24) is 9.97 Å². The predicted octanol–water partition coefficient (Wildman–Crippen LogP) is 5.36. The first-order chi connectivity index (χ1) is 14.7. The van der Waals surface area contributed by atoms with Gasteiger partial charge in [-0.1, -0.05) is 48.5 Å². The minimum absolute atomic E-state index is 0.0972. The molecular weight excluding hydrogens is 372 g/mol. The van der Waals surface area contributed by atoms with E-state index in [1.807, 2.05) is 97.1 Å². The first-order valence-corrected chi connectivity index (χ1v) is 9.72. The van der Waals surface area contributed by atoms with Crippen LogP contribution in [0.5, 0.6) is 0 Å². The van der Waals surface area contributed by atoms with Crippen LogP contribution in [-0.2, 0) is 0 Å². The zero-order valence-electron chi connectivity index (χ0n) is 16.1. The summed E-state index contributed by atoms with van der Waals surface area (Å²) in [6.07, 6.45) is 0. The molecule has 2 heterocycles. The van der Waals surface area contributed by atoms with E-state index in [0.717, 1.165) is 43.6 Å². The number of benzene rings is 4. The summed E-state index contributed by atoms with van der Waals surface area (Å²) in [6, 6.07) is 30.3. The molecule has 6 rings (SSSR count). The smallest absolute Gasteiger partial charge is 0.197 e. The van der Waals surface area contributed by atoms with Crippen LogP contribution >= 0.6 is 0 Å². The monoisotopic (exact) mass is 390 g/mol. The van der Waals surface area contributed by atoms with Crippen LogP contribution in [-0.4, -0.2) is 9.97 Å². The number of fused-ring (bicyclic) bond motifs is 4. The van der Waals surface area contributed by atoms with Crippen LogP contribution in [0.2, 0.25) is 0 Å². The Morgan fingerprint density at radius 3 is 0.867 bits per heavy atom. The largest absolute Gasteiger partial charge is 0.354 e. The second kappa shape index (κ2) is 7.33. The third kappa shape index (κ3) is 3.05. The highest BCUT2D eigenvalue weighted by molar-refractivity contribution is 5.93. The van der Waals surface area contributed by atoms with Gasteiger partial charge in [-0.05, 0) is 48.5 Å². The van der Waals surface area contributed by atoms with Gasteiger partial charge in [0.05, 0.1) is 0 Å². The van der Waals surface area contributed by atoms with E-state index in [0.29, 0.717) is 0 Å². The van der Waals surface area contributed by atoms with Crippen molar-refractivity contribution in [2.45, 2.75) is 0 Å². The molecule has 144 valence electrons. The fraction of sp³-hybridized carbons (Fsp3) is 0. The summed E-state index contributed by atoms with van der Waals surface area (Å²) in [4.78, 5) is 30.6. The summed E-state index contributed by atoms with van der Waals surface area (Å²) in [5.74, 6) is 0. The maximum atomic E-state index is 12.1. The van der Waals surface area contributed by atoms with Gasteiger partial charge in [0.25, 0.3) is 0 Å². The van der Waals surface area contributed by atoms with Gasteiger partial charge in [0.2, 0.25) is 0 Å². The summed E-state index contributed by atoms with van der Waals surface area (Å²) < 4.78 is 0. The molecule has 0 saturated heterocycles. The molecule has 4 heteroatoms. The van der Waals surface area contributed by atoms with Gasteiger partial charge in [-0.2, -0.15) is 0 Å². The summed E-state index contributed by atoms with van der Waals surface area (Å²) in [7, 11) is 0. The molecule has 0 atom stereocenters. The van der Waals surface area contributed by atoms with E-state index >= 15 is 0 Å². The molecule has 2 aromatic heterocycles. The van der Waals surface area contributed by atoms with E-state index in [1.54, 1.807) is 0 Å². The lowest BCUT2D eigenvalue weighted by Crippen LogP contribution is -2.03. The SMILES string of the molecule is O=c1c2ccccc2[nH]c2ccccc12.O=c1c2ccccc2[nH]c2ccccc12. The molecule has 4 aromatic carbocycles. The van der Waals surface area contributed by atoms with E-state index in [9.17, 15) is 9.59 Å². The summed E-state index contributed by atoms with van der Waals surface area (Å²) >= 11 is 0. The third-order valence-electron chi connectivity index (χ3n) is 5.23. The molecule has 0 amide bonds. The molecule has 0 saturated carbocycles. The normalized spacial score (nSPS) is 10.9. The minimum Gasteiger partial charge on any atom is -0.354 e. The molecule has 0 aliphatic heterocycles. The Morgan fingerprint density at radius 1 is 0.367 bits per heavy atom. The van der Waals surface area contributed by atoms with Crippen molar-refractivity contribution in [3.05, 3.63) is 118 Å². The second-order valence-electron chi connectivity index (χ2n) is 7.09. The Bertz CT molecular complexity index is 1410. The number of pyridine rings is 2. The summed E-state index contributed by atoms with van der Waals surface area (Å²) in [6.45, 7) is 0. The molecule has 4 nitrogen and oxygen atoms in total. The van der Waals surface area contributed by atoms with Gasteiger partial charge >= 0.3 is 0 Å². The van der Waals surface area contributed by atoms with E-state index < -0.39 is 0 Å². The fourth-order valence-corrected chi connectivity index (χ4v) is 3.74. The maximum Gasteiger partial charge on any atom is 0.197 e. The van der Waals surface area contributed by atoms with Crippen LogP contribution in [0.25, 0.3) is 43.6 Å². The third-order valence-corrected chi connectivity index (χ3v) is 5.23. The highest BCUT2D eigenvalue weighted by Gasteiger charge is 2.03. The van der Waals surface area contributed by atoms with Crippen LogP contribution in [0.3, 0.4) is 0 Å². The number of H-pyrrole nitrogens is 2. The van der Waals surface area contributed by atoms with Gasteiger partial charge in [0, 0.05) is 43.6 Å². The van der Waals surface area contributed by atoms with E-state index in [1.165, 1.54) is 0 Å². The number of para-hydroxylation sites is 4. The van der Waals surface area contributed by atoms with Gasteiger partial charge in [0.1, 0.15) is 0 Å². The standard InChI is InChI=1S/2C13H9NO/c2*15-13-9-5-1-3-7-11(9)14-12-8-4-2-6-10(12)13/h2*1-8H,(H,14,15). The molecule has 30 heavy (non-hydrogen) atoms. The number of rotatable bonds is 0. The summed E-state index contributed by atoms with van der Waals surface area (Å²) in [5.41, 5.74) is 3.75. The fourth-order valence-electron chi connectivity index (χ4n) is 3.74. The van der Waals surface area contributed by atoms with Gasteiger partial charge in [0.15, 0.2) is 10.9 Å². The van der Waals surface area contributed by atoms with E-state index in [4.69, 9.17) is 0 Å². The lowest BCUT2D eigenvalue weighted by Gasteiger charge is -2.01. The van der Waals surface area contributed by atoms with Crippen molar-refractivity contribution in [2.75, 3.05) is 0 Å². The van der Waals surface area contributed by atoms with Crippen molar-refractivity contribution < 1.29 is 0 Å². The lowest BCUT2D eigenvalue weighted by atomic mass is 10.1. The predicted molar refractivity (Wildman–Crippen MR) is 124 cm³/mol. The molecule has 0 spiro atoms. The van der Waals surface area contributed by atoms with Gasteiger partial charge < -0.3 is 9.97 Å². The van der Waals surface area contributed by atoms with E-state index in [-0.39, 0.29) is 10.9 Å². The van der Waals surface area contributed by atoms with Crippen molar-refractivity contribution in [3.63, 3.8) is 0 Å². The van der Waals surface area contributed by atoms with Crippen LogP contribution in [0.1, 0.15) is 0 Å². The van der Waals surface area contributed by atoms with Crippen LogP contribution in [0, 0.1) is 0 Å². The zero-order chi connectivity index (χ0) is 20.5. The second-order valence-corrected chi connectivity index (χ2v) is 7.09. The number of hydrogen-bond donors (Lipinski definition) is 2. The van der Waals surface area contributed by atoms with Gasteiger partial charge in [-0.25, -0.2) is 0 Å². The van der Waals surface area contributed by atoms with Crippen molar-refractivity contribution in [1.29, 1.82) is 0 Å². The molecule has 6 aromatic rings. The van der Waals surface area contributed by atoms with Gasteiger partial charge in [-0.3, -0.25) is 9.59 Å². The topological polar surface area (TPSA) is 65.7 Å². The maximum absolute atomic E-state index is 12.1. The molecule has 0 unspecified atom stereocenters. The molecule has 0 bridgehead atoms. The zero-order valence-corrected chi connectivity index (χ0v) is 16.1. The Kier molecular flexibility index (Phi) is 4.37. The lowest BCUT2D eigenvalue weighted by molar-refractivity contribution is 1.48. The first-order valence-electron chi connectivity index (χ1n) is 9.72. The number of aromatic amines is 2. The average Bonchev–Trinajstić information content (AvgIpc) is 2.80. The number of nitrogens with one attached hydrogen (secondary N) is 2. The number of aromatic nitrogens is 2. The Hall–Kier alpha value is -4.18.